The van der Waals surface area contributed by atoms with E-state index in [1.54, 1.807) is 34.5 Å². The summed E-state index contributed by atoms with van der Waals surface area (Å²) >= 11 is 0. The summed E-state index contributed by atoms with van der Waals surface area (Å²) < 4.78 is 28.2. The van der Waals surface area contributed by atoms with Crippen LogP contribution in [0.2, 0.25) is 0 Å². The lowest BCUT2D eigenvalue weighted by Gasteiger charge is -2.40. The molecule has 1 N–H and O–H groups in total. The van der Waals surface area contributed by atoms with E-state index in [9.17, 15) is 13.2 Å². The summed E-state index contributed by atoms with van der Waals surface area (Å²) in [4.78, 5) is 16.2. The van der Waals surface area contributed by atoms with E-state index in [0.29, 0.717) is 37.5 Å². The van der Waals surface area contributed by atoms with Crippen LogP contribution in [0, 0.1) is 6.92 Å². The van der Waals surface area contributed by atoms with E-state index in [-0.39, 0.29) is 12.1 Å². The number of sulfonamides is 1. The van der Waals surface area contributed by atoms with Gasteiger partial charge >= 0.3 is 6.03 Å². The maximum atomic E-state index is 13.3. The normalized spacial score (nSPS) is 19.6. The number of piperazine rings is 1. The SMILES string of the molecule is CNC(=O)N1CCc2cc(S(=O)(=O)N3CCN(c4cccc(C)c4)[C@H](C)C3)ccc21. The van der Waals surface area contributed by atoms with Crippen molar-refractivity contribution in [2.75, 3.05) is 43.0 Å². The molecule has 2 aliphatic rings. The van der Waals surface area contributed by atoms with Gasteiger partial charge in [0.15, 0.2) is 0 Å². The van der Waals surface area contributed by atoms with Crippen LogP contribution in [0.4, 0.5) is 16.2 Å². The van der Waals surface area contributed by atoms with Crippen LogP contribution in [0.25, 0.3) is 0 Å². The van der Waals surface area contributed by atoms with Crippen LogP contribution in [0.1, 0.15) is 18.1 Å². The molecule has 4 rings (SSSR count). The lowest BCUT2D eigenvalue weighted by atomic mass is 10.1. The van der Waals surface area contributed by atoms with Gasteiger partial charge in [0.2, 0.25) is 10.0 Å². The Kier molecular flexibility index (Phi) is 5.46. The van der Waals surface area contributed by atoms with Gasteiger partial charge in [-0.2, -0.15) is 4.31 Å². The number of nitrogens with zero attached hydrogens (tertiary/aromatic N) is 3. The minimum atomic E-state index is -3.59. The van der Waals surface area contributed by atoms with Crippen molar-refractivity contribution in [3.8, 4) is 0 Å². The molecule has 2 aromatic rings. The van der Waals surface area contributed by atoms with E-state index >= 15 is 0 Å². The monoisotopic (exact) mass is 428 g/mol. The zero-order valence-electron chi connectivity index (χ0n) is 17.6. The molecule has 0 radical (unpaired) electrons. The number of hydrogen-bond acceptors (Lipinski definition) is 4. The molecule has 1 fully saturated rings. The van der Waals surface area contributed by atoms with Crippen molar-refractivity contribution >= 4 is 27.4 Å². The Morgan fingerprint density at radius 3 is 2.60 bits per heavy atom. The molecule has 0 aromatic heterocycles. The van der Waals surface area contributed by atoms with Crippen molar-refractivity contribution in [1.29, 1.82) is 0 Å². The second kappa shape index (κ2) is 7.92. The van der Waals surface area contributed by atoms with Gasteiger partial charge in [-0.3, -0.25) is 4.90 Å². The minimum Gasteiger partial charge on any atom is -0.366 e. The fourth-order valence-electron chi connectivity index (χ4n) is 4.37. The minimum absolute atomic E-state index is 0.0773. The number of aryl methyl sites for hydroxylation is 1. The maximum Gasteiger partial charge on any atom is 0.321 e. The van der Waals surface area contributed by atoms with Crippen molar-refractivity contribution in [3.05, 3.63) is 53.6 Å². The van der Waals surface area contributed by atoms with Gasteiger partial charge in [-0.05, 0) is 61.7 Å². The molecule has 2 amide bonds. The molecular weight excluding hydrogens is 400 g/mol. The van der Waals surface area contributed by atoms with Crippen LogP contribution < -0.4 is 15.1 Å². The van der Waals surface area contributed by atoms with Gasteiger partial charge in [0.25, 0.3) is 0 Å². The second-order valence-corrected chi connectivity index (χ2v) is 9.93. The summed E-state index contributed by atoms with van der Waals surface area (Å²) in [6, 6.07) is 13.3. The molecule has 8 heteroatoms. The number of hydrogen-bond donors (Lipinski definition) is 1. The molecule has 0 unspecified atom stereocenters. The summed E-state index contributed by atoms with van der Waals surface area (Å²) in [6.45, 7) is 6.23. The molecule has 30 heavy (non-hydrogen) atoms. The molecule has 2 aliphatic heterocycles. The maximum absolute atomic E-state index is 13.3. The Morgan fingerprint density at radius 2 is 1.90 bits per heavy atom. The molecule has 1 atom stereocenters. The van der Waals surface area contributed by atoms with Crippen LogP contribution >= 0.6 is 0 Å². The van der Waals surface area contributed by atoms with E-state index in [0.717, 1.165) is 16.9 Å². The number of carbonyl (C=O) groups excluding carboxylic acids is 1. The molecule has 2 aromatic carbocycles. The second-order valence-electron chi connectivity index (χ2n) is 7.99. The van der Waals surface area contributed by atoms with Crippen molar-refractivity contribution in [3.63, 3.8) is 0 Å². The highest BCUT2D eigenvalue weighted by atomic mass is 32.2. The highest BCUT2D eigenvalue weighted by molar-refractivity contribution is 7.89. The topological polar surface area (TPSA) is 73.0 Å². The first kappa shape index (κ1) is 20.7. The van der Waals surface area contributed by atoms with Crippen LogP contribution in [0.15, 0.2) is 47.4 Å². The van der Waals surface area contributed by atoms with E-state index in [1.807, 2.05) is 6.07 Å². The number of fused-ring (bicyclic) bond motifs is 1. The lowest BCUT2D eigenvalue weighted by molar-refractivity contribution is 0.248. The third kappa shape index (κ3) is 3.65. The van der Waals surface area contributed by atoms with Gasteiger partial charge in [0, 0.05) is 50.6 Å². The number of anilines is 2. The zero-order chi connectivity index (χ0) is 21.5. The molecule has 160 valence electrons. The highest BCUT2D eigenvalue weighted by Crippen LogP contribution is 2.32. The zero-order valence-corrected chi connectivity index (χ0v) is 18.4. The summed E-state index contributed by atoms with van der Waals surface area (Å²) in [5.74, 6) is 0. The van der Waals surface area contributed by atoms with Gasteiger partial charge in [0.05, 0.1) is 4.90 Å². The largest absolute Gasteiger partial charge is 0.366 e. The van der Waals surface area contributed by atoms with Gasteiger partial charge in [-0.25, -0.2) is 13.2 Å². The fraction of sp³-hybridized carbons (Fsp3) is 0.409. The van der Waals surface area contributed by atoms with E-state index in [1.165, 1.54) is 5.56 Å². The number of amides is 2. The summed E-state index contributed by atoms with van der Waals surface area (Å²) in [5, 5.41) is 2.63. The Hall–Kier alpha value is -2.58. The fourth-order valence-corrected chi connectivity index (χ4v) is 5.93. The molecule has 2 heterocycles. The van der Waals surface area contributed by atoms with Gasteiger partial charge in [-0.1, -0.05) is 12.1 Å². The standard InChI is InChI=1S/C22H28N4O3S/c1-16-5-4-6-19(13-16)25-12-11-24(15-17(25)2)30(28,29)20-7-8-21-18(14-20)9-10-26(21)22(27)23-3/h4-8,13-14,17H,9-12,15H2,1-3H3,(H,23,27)/t17-/m1/s1. The number of rotatable bonds is 3. The van der Waals surface area contributed by atoms with Crippen molar-refractivity contribution < 1.29 is 13.2 Å². The van der Waals surface area contributed by atoms with Crippen molar-refractivity contribution in [2.45, 2.75) is 31.2 Å². The third-order valence-corrected chi connectivity index (χ3v) is 7.83. The van der Waals surface area contributed by atoms with Crippen LogP contribution in [0.3, 0.4) is 0 Å². The Morgan fingerprint density at radius 1 is 1.10 bits per heavy atom. The Labute approximate surface area is 178 Å². The quantitative estimate of drug-likeness (QED) is 0.816. The van der Waals surface area contributed by atoms with Crippen LogP contribution in [-0.2, 0) is 16.4 Å². The first-order valence-electron chi connectivity index (χ1n) is 10.3. The van der Waals surface area contributed by atoms with Crippen LogP contribution in [-0.4, -0.2) is 58.0 Å². The number of benzene rings is 2. The number of nitrogens with one attached hydrogen (secondary N) is 1. The summed E-state index contributed by atoms with van der Waals surface area (Å²) in [6.07, 6.45) is 0.656. The Balaban J connectivity index is 1.53. The molecule has 0 saturated carbocycles. The smallest absolute Gasteiger partial charge is 0.321 e. The molecule has 7 nitrogen and oxygen atoms in total. The van der Waals surface area contributed by atoms with Crippen molar-refractivity contribution in [2.24, 2.45) is 0 Å². The average molecular weight is 429 g/mol. The molecule has 0 spiro atoms. The molecule has 1 saturated heterocycles. The van der Waals surface area contributed by atoms with Crippen LogP contribution in [0.5, 0.6) is 0 Å². The average Bonchev–Trinajstić information content (AvgIpc) is 3.16. The molecular formula is C22H28N4O3S. The van der Waals surface area contributed by atoms with E-state index < -0.39 is 10.0 Å². The predicted molar refractivity (Wildman–Crippen MR) is 119 cm³/mol. The summed E-state index contributed by atoms with van der Waals surface area (Å²) in [5.41, 5.74) is 4.00. The van der Waals surface area contributed by atoms with Gasteiger partial charge in [-0.15, -0.1) is 0 Å². The predicted octanol–water partition coefficient (Wildman–Crippen LogP) is 2.60. The van der Waals surface area contributed by atoms with E-state index in [2.05, 4.69) is 42.3 Å². The van der Waals surface area contributed by atoms with Crippen molar-refractivity contribution in [1.82, 2.24) is 9.62 Å². The third-order valence-electron chi connectivity index (χ3n) is 5.97. The number of carbonyl (C=O) groups is 1. The van der Waals surface area contributed by atoms with Gasteiger partial charge < -0.3 is 10.2 Å². The summed E-state index contributed by atoms with van der Waals surface area (Å²) in [7, 11) is -1.99. The first-order valence-corrected chi connectivity index (χ1v) is 11.7. The van der Waals surface area contributed by atoms with E-state index in [4.69, 9.17) is 0 Å². The highest BCUT2D eigenvalue weighted by Gasteiger charge is 2.34. The van der Waals surface area contributed by atoms with Gasteiger partial charge in [0.1, 0.15) is 0 Å². The molecule has 0 aliphatic carbocycles. The first-order chi connectivity index (χ1) is 14.3. The number of urea groups is 1. The Bertz CT molecular complexity index is 1070. The lowest BCUT2D eigenvalue weighted by Crippen LogP contribution is -2.53. The molecule has 0 bridgehead atoms.